The molecule has 234 valence electrons. The molecule has 2 aromatic rings. The Morgan fingerprint density at radius 2 is 1.49 bits per heavy atom. The van der Waals surface area contributed by atoms with Crippen LogP contribution in [0.15, 0.2) is 61.2 Å². The summed E-state index contributed by atoms with van der Waals surface area (Å²) in [5, 5.41) is 0. The van der Waals surface area contributed by atoms with Crippen LogP contribution in [0.25, 0.3) is 0 Å². The van der Waals surface area contributed by atoms with Crippen LogP contribution in [0.2, 0.25) is 0 Å². The normalized spacial score (nSPS) is 23.7. The van der Waals surface area contributed by atoms with E-state index in [0.717, 1.165) is 80.4 Å². The van der Waals surface area contributed by atoms with Gasteiger partial charge in [0, 0.05) is 9.65 Å². The lowest BCUT2D eigenvalue weighted by atomic mass is 9.66. The molecule has 2 fully saturated rings. The molecule has 0 aromatic heterocycles. The Bertz CT molecular complexity index is 1140. The van der Waals surface area contributed by atoms with E-state index < -0.39 is 5.60 Å². The van der Waals surface area contributed by atoms with E-state index in [1.165, 1.54) is 48.2 Å². The van der Waals surface area contributed by atoms with Crippen molar-refractivity contribution in [1.29, 1.82) is 0 Å². The smallest absolute Gasteiger partial charge is 0.339 e. The van der Waals surface area contributed by atoms with E-state index in [1.54, 1.807) is 0 Å². The molecule has 2 aromatic carbocycles. The number of halogens is 1. The summed E-state index contributed by atoms with van der Waals surface area (Å²) in [5.74, 6) is 2.61. The first-order valence-electron chi connectivity index (χ1n) is 16.4. The summed E-state index contributed by atoms with van der Waals surface area (Å²) in [6.45, 7) is 6.73. The van der Waals surface area contributed by atoms with E-state index in [-0.39, 0.29) is 11.9 Å². The predicted molar refractivity (Wildman–Crippen MR) is 180 cm³/mol. The van der Waals surface area contributed by atoms with Crippen LogP contribution in [-0.2, 0) is 19.9 Å². The molecule has 0 radical (unpaired) electrons. The van der Waals surface area contributed by atoms with E-state index in [0.29, 0.717) is 18.8 Å². The van der Waals surface area contributed by atoms with Crippen molar-refractivity contribution in [2.75, 3.05) is 13.2 Å². The van der Waals surface area contributed by atoms with Crippen molar-refractivity contribution in [3.05, 3.63) is 75.9 Å². The van der Waals surface area contributed by atoms with Crippen LogP contribution >= 0.6 is 22.6 Å². The van der Waals surface area contributed by atoms with E-state index >= 15 is 0 Å². The highest BCUT2D eigenvalue weighted by Crippen LogP contribution is 2.48. The van der Waals surface area contributed by atoms with Gasteiger partial charge in [-0.05, 0) is 147 Å². The summed E-state index contributed by atoms with van der Waals surface area (Å²) in [4.78, 5) is 24.6. The van der Waals surface area contributed by atoms with Crippen LogP contribution in [0.4, 0.5) is 0 Å². The molecule has 0 unspecified atom stereocenters. The number of hydrogen-bond acceptors (Lipinski definition) is 5. The number of carbonyl (C=O) groups is 2. The third-order valence-electron chi connectivity index (χ3n) is 9.56. The van der Waals surface area contributed by atoms with Crippen molar-refractivity contribution >= 4 is 34.5 Å². The van der Waals surface area contributed by atoms with Crippen molar-refractivity contribution < 1.29 is 23.8 Å². The lowest BCUT2D eigenvalue weighted by Crippen LogP contribution is -2.38. The van der Waals surface area contributed by atoms with Gasteiger partial charge in [0.1, 0.15) is 11.4 Å². The summed E-state index contributed by atoms with van der Waals surface area (Å²) in [7, 11) is 0. The van der Waals surface area contributed by atoms with Crippen molar-refractivity contribution in [2.45, 2.75) is 102 Å². The van der Waals surface area contributed by atoms with E-state index in [2.05, 4.69) is 60.4 Å². The molecule has 0 heterocycles. The maximum Gasteiger partial charge on any atom is 0.339 e. The Labute approximate surface area is 272 Å². The lowest BCUT2D eigenvalue weighted by Gasteiger charge is -2.43. The minimum Gasteiger partial charge on any atom is -0.494 e. The number of unbranched alkanes of at least 4 members (excludes halogenated alkanes) is 3. The van der Waals surface area contributed by atoms with Gasteiger partial charge in [0.15, 0.2) is 0 Å². The molecule has 0 aliphatic heterocycles. The van der Waals surface area contributed by atoms with E-state index in [9.17, 15) is 9.59 Å². The molecule has 4 rings (SSSR count). The molecule has 0 atom stereocenters. The van der Waals surface area contributed by atoms with Crippen molar-refractivity contribution in [1.82, 2.24) is 0 Å². The van der Waals surface area contributed by atoms with Gasteiger partial charge in [0.05, 0.1) is 18.8 Å². The van der Waals surface area contributed by atoms with Crippen LogP contribution < -0.4 is 4.74 Å². The fourth-order valence-electron chi connectivity index (χ4n) is 7.04. The number of benzene rings is 2. The van der Waals surface area contributed by atoms with Gasteiger partial charge in [-0.3, -0.25) is 0 Å². The number of hydrogen-bond donors (Lipinski definition) is 0. The second-order valence-electron chi connectivity index (χ2n) is 12.5. The molecule has 0 spiro atoms. The Balaban J connectivity index is 1.28. The van der Waals surface area contributed by atoms with Gasteiger partial charge in [0.2, 0.25) is 0 Å². The van der Waals surface area contributed by atoms with Crippen LogP contribution in [0.5, 0.6) is 5.75 Å². The number of esters is 2. The molecule has 2 saturated carbocycles. The molecule has 6 heteroatoms. The highest BCUT2D eigenvalue weighted by Gasteiger charge is 2.42. The minimum atomic E-state index is -0.573. The monoisotopic (exact) mass is 700 g/mol. The third kappa shape index (κ3) is 10.1. The minimum absolute atomic E-state index is 0.263. The van der Waals surface area contributed by atoms with Gasteiger partial charge >= 0.3 is 11.9 Å². The SMILES string of the molecule is C=CC(=O)OCCCCCCOc1ccc(C(=O)OC2(c3ccc(I)cc3)CCC(C3CCC(CCC)CC3)CC2)cc1. The fraction of sp³-hybridized carbons (Fsp3) is 0.568. The average molecular weight is 701 g/mol. The Morgan fingerprint density at radius 1 is 0.860 bits per heavy atom. The fourth-order valence-corrected chi connectivity index (χ4v) is 7.40. The molecule has 0 amide bonds. The quantitative estimate of drug-likeness (QED) is 0.0802. The molecule has 0 saturated heterocycles. The van der Waals surface area contributed by atoms with Crippen LogP contribution in [0.3, 0.4) is 0 Å². The van der Waals surface area contributed by atoms with Gasteiger partial charge in [-0.2, -0.15) is 0 Å². The lowest BCUT2D eigenvalue weighted by molar-refractivity contribution is -0.137. The van der Waals surface area contributed by atoms with Crippen LogP contribution in [0, 0.1) is 21.3 Å². The van der Waals surface area contributed by atoms with Crippen molar-refractivity contribution in [2.24, 2.45) is 17.8 Å². The zero-order chi connectivity index (χ0) is 30.5. The second-order valence-corrected chi connectivity index (χ2v) is 13.7. The van der Waals surface area contributed by atoms with Crippen molar-refractivity contribution in [3.63, 3.8) is 0 Å². The number of rotatable bonds is 15. The molecular weight excluding hydrogens is 651 g/mol. The summed E-state index contributed by atoms with van der Waals surface area (Å²) in [6.07, 6.45) is 17.1. The second kappa shape index (κ2) is 17.2. The first-order valence-corrected chi connectivity index (χ1v) is 17.5. The largest absolute Gasteiger partial charge is 0.494 e. The maximum absolute atomic E-state index is 13.5. The summed E-state index contributed by atoms with van der Waals surface area (Å²) in [6, 6.07) is 15.9. The van der Waals surface area contributed by atoms with Gasteiger partial charge in [-0.15, -0.1) is 0 Å². The van der Waals surface area contributed by atoms with Crippen LogP contribution in [-0.4, -0.2) is 25.2 Å². The van der Waals surface area contributed by atoms with Gasteiger partial charge < -0.3 is 14.2 Å². The molecule has 5 nitrogen and oxygen atoms in total. The molecule has 43 heavy (non-hydrogen) atoms. The third-order valence-corrected chi connectivity index (χ3v) is 10.3. The number of ether oxygens (including phenoxy) is 3. The van der Waals surface area contributed by atoms with Gasteiger partial charge in [0.25, 0.3) is 0 Å². The zero-order valence-electron chi connectivity index (χ0n) is 25.9. The zero-order valence-corrected chi connectivity index (χ0v) is 28.0. The Morgan fingerprint density at radius 3 is 2.12 bits per heavy atom. The Hall–Kier alpha value is -2.35. The van der Waals surface area contributed by atoms with E-state index in [1.807, 2.05) is 24.3 Å². The molecule has 0 N–H and O–H groups in total. The topological polar surface area (TPSA) is 61.8 Å². The van der Waals surface area contributed by atoms with Gasteiger partial charge in [-0.1, -0.05) is 51.3 Å². The summed E-state index contributed by atoms with van der Waals surface area (Å²) < 4.78 is 18.5. The number of carbonyl (C=O) groups excluding carboxylic acids is 2. The Kier molecular flexibility index (Phi) is 13.4. The molecule has 2 aliphatic rings. The van der Waals surface area contributed by atoms with E-state index in [4.69, 9.17) is 14.2 Å². The predicted octanol–water partition coefficient (Wildman–Crippen LogP) is 9.81. The summed E-state index contributed by atoms with van der Waals surface area (Å²) >= 11 is 2.33. The van der Waals surface area contributed by atoms with Crippen molar-refractivity contribution in [3.8, 4) is 5.75 Å². The average Bonchev–Trinajstić information content (AvgIpc) is 3.03. The first-order chi connectivity index (χ1) is 20.9. The van der Waals surface area contributed by atoms with Crippen LogP contribution in [0.1, 0.15) is 113 Å². The summed E-state index contributed by atoms with van der Waals surface area (Å²) in [5.41, 5.74) is 1.10. The first kappa shape index (κ1) is 33.5. The highest BCUT2D eigenvalue weighted by molar-refractivity contribution is 14.1. The molecule has 2 aliphatic carbocycles. The molecular formula is C37H49IO5. The molecule has 0 bridgehead atoms. The highest BCUT2D eigenvalue weighted by atomic mass is 127. The maximum atomic E-state index is 13.5. The standard InChI is InChI=1S/C37H49IO5/c1-3-9-28-10-12-29(13-11-28)30-22-24-37(25-23-30,32-16-18-33(38)19-17-32)43-36(40)31-14-20-34(21-15-31)41-26-7-5-6-8-27-42-35(39)4-2/h4,14-21,28-30H,2-3,5-13,22-27H2,1H3. The van der Waals surface area contributed by atoms with Gasteiger partial charge in [-0.25, -0.2) is 9.59 Å².